The predicted molar refractivity (Wildman–Crippen MR) is 70.9 cm³/mol. The number of anilines is 1. The molecular weight excluding hydrogens is 242 g/mol. The van der Waals surface area contributed by atoms with Crippen molar-refractivity contribution in [2.45, 2.75) is 13.5 Å². The number of nitrogen functional groups attached to an aromatic ring is 1. The van der Waals surface area contributed by atoms with Crippen LogP contribution in [0.2, 0.25) is 0 Å². The Morgan fingerprint density at radius 2 is 2.11 bits per heavy atom. The standard InChI is InChI=1S/C14H15N3O2/c1-11(18)19-8-7-17-10-13(16-9-14(17)15)12-5-3-2-4-6-12/h2-6,9-10,15H,7-8H2,1H3/p+1. The number of esters is 1. The minimum atomic E-state index is -0.295. The lowest BCUT2D eigenvalue weighted by molar-refractivity contribution is -0.683. The number of benzene rings is 1. The summed E-state index contributed by atoms with van der Waals surface area (Å²) in [6.45, 7) is 2.19. The highest BCUT2D eigenvalue weighted by Crippen LogP contribution is 2.14. The molecule has 1 heterocycles. The maximum atomic E-state index is 10.7. The van der Waals surface area contributed by atoms with Crippen molar-refractivity contribution in [3.8, 4) is 11.3 Å². The van der Waals surface area contributed by atoms with Gasteiger partial charge in [-0.2, -0.15) is 0 Å². The fourth-order valence-electron chi connectivity index (χ4n) is 1.70. The molecule has 0 aliphatic rings. The van der Waals surface area contributed by atoms with Crippen LogP contribution in [0.4, 0.5) is 5.82 Å². The van der Waals surface area contributed by atoms with Gasteiger partial charge in [0.1, 0.15) is 31.2 Å². The molecule has 2 rings (SSSR count). The predicted octanol–water partition coefficient (Wildman–Crippen LogP) is 1.18. The summed E-state index contributed by atoms with van der Waals surface area (Å²) in [7, 11) is 0. The molecule has 19 heavy (non-hydrogen) atoms. The van der Waals surface area contributed by atoms with Gasteiger partial charge in [0.25, 0.3) is 5.82 Å². The molecule has 0 aliphatic heterocycles. The van der Waals surface area contributed by atoms with Gasteiger partial charge in [-0.25, -0.2) is 9.55 Å². The average Bonchev–Trinajstić information content (AvgIpc) is 2.41. The van der Waals surface area contributed by atoms with E-state index in [0.29, 0.717) is 19.0 Å². The molecule has 0 bridgehead atoms. The summed E-state index contributed by atoms with van der Waals surface area (Å²) in [6.07, 6.45) is 3.46. The summed E-state index contributed by atoms with van der Waals surface area (Å²) in [5.74, 6) is 0.239. The molecule has 2 N–H and O–H groups in total. The number of rotatable bonds is 4. The van der Waals surface area contributed by atoms with Crippen LogP contribution in [0.25, 0.3) is 11.3 Å². The fourth-order valence-corrected chi connectivity index (χ4v) is 1.70. The molecule has 0 spiro atoms. The molecule has 2 aromatic rings. The van der Waals surface area contributed by atoms with E-state index >= 15 is 0 Å². The number of nitrogens with zero attached hydrogens (tertiary/aromatic N) is 2. The first-order valence-electron chi connectivity index (χ1n) is 6.00. The molecule has 0 aliphatic carbocycles. The van der Waals surface area contributed by atoms with Crippen LogP contribution in [0.15, 0.2) is 42.7 Å². The molecule has 1 aromatic heterocycles. The minimum Gasteiger partial charge on any atom is -0.462 e. The number of ether oxygens (including phenoxy) is 1. The summed E-state index contributed by atoms with van der Waals surface area (Å²) >= 11 is 0. The molecule has 5 nitrogen and oxygen atoms in total. The van der Waals surface area contributed by atoms with Gasteiger partial charge in [0.05, 0.1) is 0 Å². The van der Waals surface area contributed by atoms with Crippen molar-refractivity contribution in [1.82, 2.24) is 4.98 Å². The zero-order valence-corrected chi connectivity index (χ0v) is 10.7. The van der Waals surface area contributed by atoms with Gasteiger partial charge >= 0.3 is 5.97 Å². The molecule has 0 saturated heterocycles. The lowest BCUT2D eigenvalue weighted by Gasteiger charge is -2.06. The average molecular weight is 258 g/mol. The minimum absolute atomic E-state index is 0.294. The van der Waals surface area contributed by atoms with E-state index in [1.807, 2.05) is 41.1 Å². The summed E-state index contributed by atoms with van der Waals surface area (Å²) in [5.41, 5.74) is 7.69. The van der Waals surface area contributed by atoms with Crippen LogP contribution in [0.1, 0.15) is 6.92 Å². The number of carbonyl (C=O) groups excluding carboxylic acids is 1. The maximum absolute atomic E-state index is 10.7. The van der Waals surface area contributed by atoms with Gasteiger partial charge in [0.15, 0.2) is 0 Å². The Kier molecular flexibility index (Phi) is 4.07. The lowest BCUT2D eigenvalue weighted by Crippen LogP contribution is -2.39. The van der Waals surface area contributed by atoms with Crippen LogP contribution in [0.5, 0.6) is 0 Å². The van der Waals surface area contributed by atoms with Gasteiger partial charge in [0, 0.05) is 12.5 Å². The number of hydrogen-bond acceptors (Lipinski definition) is 4. The molecular formula is C14H16N3O2+. The first-order chi connectivity index (χ1) is 9.16. The Bertz CT molecular complexity index is 570. The van der Waals surface area contributed by atoms with E-state index in [-0.39, 0.29) is 5.97 Å². The second kappa shape index (κ2) is 5.95. The molecule has 0 unspecified atom stereocenters. The lowest BCUT2D eigenvalue weighted by atomic mass is 10.2. The monoisotopic (exact) mass is 258 g/mol. The number of aromatic nitrogens is 2. The van der Waals surface area contributed by atoms with Crippen molar-refractivity contribution in [3.05, 3.63) is 42.7 Å². The largest absolute Gasteiger partial charge is 0.462 e. The third kappa shape index (κ3) is 3.51. The molecule has 0 amide bonds. The van der Waals surface area contributed by atoms with Crippen molar-refractivity contribution in [2.24, 2.45) is 0 Å². The first-order valence-corrected chi connectivity index (χ1v) is 6.00. The van der Waals surface area contributed by atoms with Crippen LogP contribution in [0, 0.1) is 0 Å². The topological polar surface area (TPSA) is 69.1 Å². The van der Waals surface area contributed by atoms with Gasteiger partial charge < -0.3 is 4.74 Å². The van der Waals surface area contributed by atoms with E-state index < -0.39 is 0 Å². The summed E-state index contributed by atoms with van der Waals surface area (Å²) in [6, 6.07) is 9.83. The third-order valence-corrected chi connectivity index (χ3v) is 2.65. The van der Waals surface area contributed by atoms with Crippen molar-refractivity contribution < 1.29 is 14.1 Å². The Morgan fingerprint density at radius 3 is 2.79 bits per heavy atom. The molecule has 5 heteroatoms. The van der Waals surface area contributed by atoms with E-state index in [2.05, 4.69) is 4.98 Å². The van der Waals surface area contributed by atoms with Crippen molar-refractivity contribution in [1.29, 1.82) is 0 Å². The second-order valence-corrected chi connectivity index (χ2v) is 4.10. The van der Waals surface area contributed by atoms with Crippen LogP contribution in [-0.4, -0.2) is 17.6 Å². The van der Waals surface area contributed by atoms with Crippen molar-refractivity contribution >= 4 is 11.8 Å². The number of hydrogen-bond donors (Lipinski definition) is 1. The molecule has 0 atom stereocenters. The maximum Gasteiger partial charge on any atom is 0.302 e. The van der Waals surface area contributed by atoms with Gasteiger partial charge in [0.2, 0.25) is 0 Å². The number of nitrogens with two attached hydrogens (primary N) is 1. The van der Waals surface area contributed by atoms with E-state index in [0.717, 1.165) is 11.3 Å². The number of carbonyl (C=O) groups is 1. The van der Waals surface area contributed by atoms with E-state index in [9.17, 15) is 4.79 Å². The Balaban J connectivity index is 2.18. The third-order valence-electron chi connectivity index (χ3n) is 2.65. The summed E-state index contributed by atoms with van der Waals surface area (Å²) in [5, 5.41) is 0. The highest BCUT2D eigenvalue weighted by Gasteiger charge is 2.09. The summed E-state index contributed by atoms with van der Waals surface area (Å²) < 4.78 is 6.73. The molecule has 0 fully saturated rings. The van der Waals surface area contributed by atoms with E-state index in [1.54, 1.807) is 6.20 Å². The van der Waals surface area contributed by atoms with Crippen LogP contribution in [0.3, 0.4) is 0 Å². The molecule has 0 saturated carbocycles. The molecule has 1 aromatic carbocycles. The Labute approximate surface area is 111 Å². The Hall–Kier alpha value is -2.43. The van der Waals surface area contributed by atoms with Gasteiger partial charge in [-0.1, -0.05) is 30.3 Å². The molecule has 0 radical (unpaired) electrons. The van der Waals surface area contributed by atoms with Crippen molar-refractivity contribution in [2.75, 3.05) is 12.3 Å². The van der Waals surface area contributed by atoms with Crippen molar-refractivity contribution in [3.63, 3.8) is 0 Å². The van der Waals surface area contributed by atoms with Crippen LogP contribution >= 0.6 is 0 Å². The van der Waals surface area contributed by atoms with Gasteiger partial charge in [-0.05, 0) is 0 Å². The van der Waals surface area contributed by atoms with Crippen LogP contribution in [-0.2, 0) is 16.1 Å². The summed E-state index contributed by atoms with van der Waals surface area (Å²) in [4.78, 5) is 15.0. The fraction of sp³-hybridized carbons (Fsp3) is 0.214. The van der Waals surface area contributed by atoms with Gasteiger partial charge in [-0.3, -0.25) is 10.5 Å². The smallest absolute Gasteiger partial charge is 0.302 e. The zero-order chi connectivity index (χ0) is 13.7. The van der Waals surface area contributed by atoms with Crippen LogP contribution < -0.4 is 10.3 Å². The quantitative estimate of drug-likeness (QED) is 0.660. The first kappa shape index (κ1) is 13.0. The normalized spacial score (nSPS) is 10.2. The Morgan fingerprint density at radius 1 is 1.37 bits per heavy atom. The van der Waals surface area contributed by atoms with Gasteiger partial charge in [-0.15, -0.1) is 0 Å². The molecule has 98 valence electrons. The highest BCUT2D eigenvalue weighted by atomic mass is 16.5. The highest BCUT2D eigenvalue weighted by molar-refractivity contribution is 5.65. The van der Waals surface area contributed by atoms with E-state index in [1.165, 1.54) is 6.92 Å². The SMILES string of the molecule is CC(=O)OCC[n+]1cc(-c2ccccc2)ncc1N. The second-order valence-electron chi connectivity index (χ2n) is 4.10. The zero-order valence-electron chi connectivity index (χ0n) is 10.7. The van der Waals surface area contributed by atoms with E-state index in [4.69, 9.17) is 10.5 Å².